The molecule has 8 nitrogen and oxygen atoms in total. The molecule has 1 atom stereocenters. The number of nitriles is 1. The van der Waals surface area contributed by atoms with Gasteiger partial charge in [-0.1, -0.05) is 0 Å². The summed E-state index contributed by atoms with van der Waals surface area (Å²) in [4.78, 5) is 30.7. The van der Waals surface area contributed by atoms with Crippen molar-refractivity contribution in [2.24, 2.45) is 0 Å². The molecule has 2 N–H and O–H groups in total. The molecule has 0 saturated heterocycles. The maximum Gasteiger partial charge on any atom is 0.323 e. The van der Waals surface area contributed by atoms with Crippen LogP contribution in [0.4, 0.5) is 19.3 Å². The second-order valence-corrected chi connectivity index (χ2v) is 7.48. The number of pyridine rings is 1. The van der Waals surface area contributed by atoms with Crippen LogP contribution < -0.4 is 15.4 Å². The number of benzene rings is 1. The first kappa shape index (κ1) is 18.3. The largest absolute Gasteiger partial charge is 0.489 e. The van der Waals surface area contributed by atoms with Crippen LogP contribution in [0.2, 0.25) is 0 Å². The normalized spacial score (nSPS) is 20.0. The van der Waals surface area contributed by atoms with E-state index < -0.39 is 35.2 Å². The van der Waals surface area contributed by atoms with Crippen molar-refractivity contribution in [3.8, 4) is 11.8 Å². The van der Waals surface area contributed by atoms with Gasteiger partial charge in [0.15, 0.2) is 11.6 Å². The van der Waals surface area contributed by atoms with Gasteiger partial charge in [0.25, 0.3) is 0 Å². The fraction of sp³-hybridized carbons (Fsp3) is 0.300. The topological polar surface area (TPSA) is 107 Å². The van der Waals surface area contributed by atoms with Gasteiger partial charge in [-0.05, 0) is 25.0 Å². The third-order valence-corrected chi connectivity index (χ3v) is 5.67. The molecule has 2 aromatic rings. The van der Waals surface area contributed by atoms with Crippen LogP contribution in [-0.2, 0) is 10.3 Å². The van der Waals surface area contributed by atoms with Gasteiger partial charge in [-0.15, -0.1) is 0 Å². The third-order valence-electron chi connectivity index (χ3n) is 5.67. The fourth-order valence-corrected chi connectivity index (χ4v) is 4.12. The number of hydrogen-bond acceptors (Lipinski definition) is 5. The van der Waals surface area contributed by atoms with E-state index in [1.54, 1.807) is 6.07 Å². The number of halogens is 2. The van der Waals surface area contributed by atoms with Crippen LogP contribution in [0.25, 0.3) is 0 Å². The van der Waals surface area contributed by atoms with Gasteiger partial charge in [-0.25, -0.2) is 13.6 Å². The van der Waals surface area contributed by atoms with Gasteiger partial charge in [-0.3, -0.25) is 9.78 Å². The SMILES string of the molecule is N#Cc1cnc2c(c1)OC[C@H]2NC(=O)CN1C(=O)Nc2ccc(F)c(F)c2C12CC2. The summed E-state index contributed by atoms with van der Waals surface area (Å²) >= 11 is 0. The zero-order valence-electron chi connectivity index (χ0n) is 15.5. The summed E-state index contributed by atoms with van der Waals surface area (Å²) in [6.07, 6.45) is 2.27. The molecule has 1 spiro atoms. The van der Waals surface area contributed by atoms with Crippen LogP contribution in [0.3, 0.4) is 0 Å². The lowest BCUT2D eigenvalue weighted by Crippen LogP contribution is -2.52. The zero-order chi connectivity index (χ0) is 21.0. The highest BCUT2D eigenvalue weighted by Crippen LogP contribution is 2.56. The Balaban J connectivity index is 1.36. The van der Waals surface area contributed by atoms with Crippen molar-refractivity contribution in [2.45, 2.75) is 24.4 Å². The van der Waals surface area contributed by atoms with Crippen molar-refractivity contribution >= 4 is 17.6 Å². The lowest BCUT2D eigenvalue weighted by Gasteiger charge is -2.37. The Hall–Kier alpha value is -3.74. The standard InChI is InChI=1S/C20H15F2N5O3/c21-11-1-2-12-16(17(11)22)20(3-4-20)27(19(29)26-12)8-15(28)25-13-9-30-14-5-10(6-23)7-24-18(13)14/h1-2,5,7,13H,3-4,8-9H2,(H,25,28)(H,26,29)/t13-/m1/s1. The van der Waals surface area contributed by atoms with E-state index in [0.29, 0.717) is 29.8 Å². The molecular formula is C20H15F2N5O3. The quantitative estimate of drug-likeness (QED) is 0.806. The first-order chi connectivity index (χ1) is 14.4. The lowest BCUT2D eigenvalue weighted by molar-refractivity contribution is -0.123. The molecule has 0 radical (unpaired) electrons. The van der Waals surface area contributed by atoms with E-state index in [1.165, 1.54) is 17.2 Å². The Bertz CT molecular complexity index is 1140. The van der Waals surface area contributed by atoms with Crippen molar-refractivity contribution in [1.29, 1.82) is 5.26 Å². The molecule has 3 heterocycles. The number of urea groups is 1. The highest BCUT2D eigenvalue weighted by atomic mass is 19.2. The number of fused-ring (bicyclic) bond motifs is 3. The van der Waals surface area contributed by atoms with Crippen molar-refractivity contribution in [3.05, 3.63) is 52.9 Å². The number of aromatic nitrogens is 1. The van der Waals surface area contributed by atoms with Crippen LogP contribution in [0, 0.1) is 23.0 Å². The molecule has 3 aliphatic rings. The Morgan fingerprint density at radius 3 is 2.97 bits per heavy atom. The summed E-state index contributed by atoms with van der Waals surface area (Å²) in [5.41, 5.74) is 0.115. The van der Waals surface area contributed by atoms with Gasteiger partial charge in [0.1, 0.15) is 36.7 Å². The van der Waals surface area contributed by atoms with Crippen LogP contribution in [0.15, 0.2) is 24.4 Å². The number of amides is 3. The molecule has 30 heavy (non-hydrogen) atoms. The molecule has 0 bridgehead atoms. The molecule has 10 heteroatoms. The van der Waals surface area contributed by atoms with Gasteiger partial charge < -0.3 is 20.3 Å². The molecule has 5 rings (SSSR count). The molecule has 1 saturated carbocycles. The van der Waals surface area contributed by atoms with Crippen molar-refractivity contribution in [2.75, 3.05) is 18.5 Å². The Labute approximate surface area is 169 Å². The fourth-order valence-electron chi connectivity index (χ4n) is 4.12. The van der Waals surface area contributed by atoms with E-state index in [0.717, 1.165) is 6.07 Å². The number of rotatable bonds is 3. The zero-order valence-corrected chi connectivity index (χ0v) is 15.5. The van der Waals surface area contributed by atoms with Gasteiger partial charge in [0.2, 0.25) is 5.91 Å². The van der Waals surface area contributed by atoms with Crippen LogP contribution >= 0.6 is 0 Å². The van der Waals surface area contributed by atoms with E-state index in [9.17, 15) is 18.4 Å². The van der Waals surface area contributed by atoms with Gasteiger partial charge in [0, 0.05) is 17.8 Å². The Morgan fingerprint density at radius 1 is 1.43 bits per heavy atom. The third kappa shape index (κ3) is 2.66. The molecule has 1 aliphatic carbocycles. The number of carbonyl (C=O) groups is 2. The van der Waals surface area contributed by atoms with Crippen LogP contribution in [-0.4, -0.2) is 35.0 Å². The summed E-state index contributed by atoms with van der Waals surface area (Å²) in [5.74, 6) is -2.07. The van der Waals surface area contributed by atoms with Crippen molar-refractivity contribution < 1.29 is 23.1 Å². The van der Waals surface area contributed by atoms with Gasteiger partial charge >= 0.3 is 6.03 Å². The Morgan fingerprint density at radius 2 is 2.23 bits per heavy atom. The average molecular weight is 411 g/mol. The van der Waals surface area contributed by atoms with Crippen LogP contribution in [0.5, 0.6) is 5.75 Å². The van der Waals surface area contributed by atoms with Gasteiger partial charge in [0.05, 0.1) is 16.8 Å². The second kappa shape index (κ2) is 6.38. The molecule has 3 amide bonds. The summed E-state index contributed by atoms with van der Waals surface area (Å²) < 4.78 is 33.8. The smallest absolute Gasteiger partial charge is 0.323 e. The molecular weight excluding hydrogens is 396 g/mol. The maximum absolute atomic E-state index is 14.5. The van der Waals surface area contributed by atoms with E-state index in [1.807, 2.05) is 6.07 Å². The summed E-state index contributed by atoms with van der Waals surface area (Å²) in [6.45, 7) is -0.188. The summed E-state index contributed by atoms with van der Waals surface area (Å²) in [6, 6.07) is 4.73. The summed E-state index contributed by atoms with van der Waals surface area (Å²) in [7, 11) is 0. The number of hydrogen-bond donors (Lipinski definition) is 2. The number of anilines is 1. The average Bonchev–Trinajstić information content (AvgIpc) is 3.42. The summed E-state index contributed by atoms with van der Waals surface area (Å²) in [5, 5.41) is 14.2. The first-order valence-corrected chi connectivity index (χ1v) is 9.32. The lowest BCUT2D eigenvalue weighted by atomic mass is 9.97. The number of carbonyl (C=O) groups excluding carboxylic acids is 2. The van der Waals surface area contributed by atoms with E-state index in [2.05, 4.69) is 15.6 Å². The minimum absolute atomic E-state index is 0.0788. The molecule has 2 aliphatic heterocycles. The second-order valence-electron chi connectivity index (χ2n) is 7.48. The monoisotopic (exact) mass is 411 g/mol. The molecule has 0 unspecified atom stereocenters. The highest BCUT2D eigenvalue weighted by Gasteiger charge is 2.57. The highest BCUT2D eigenvalue weighted by molar-refractivity contribution is 5.97. The van der Waals surface area contributed by atoms with E-state index in [4.69, 9.17) is 10.00 Å². The Kier molecular flexibility index (Phi) is 3.89. The number of nitrogens with zero attached hydrogens (tertiary/aromatic N) is 3. The number of nitrogens with one attached hydrogen (secondary N) is 2. The van der Waals surface area contributed by atoms with Crippen molar-refractivity contribution in [1.82, 2.24) is 15.2 Å². The predicted octanol–water partition coefficient (Wildman–Crippen LogP) is 2.32. The molecule has 1 aromatic heterocycles. The van der Waals surface area contributed by atoms with Crippen LogP contribution in [0.1, 0.15) is 35.7 Å². The number of ether oxygens (including phenoxy) is 1. The molecule has 152 valence electrons. The minimum atomic E-state index is -1.02. The maximum atomic E-state index is 14.5. The van der Waals surface area contributed by atoms with E-state index >= 15 is 0 Å². The van der Waals surface area contributed by atoms with Gasteiger partial charge in [-0.2, -0.15) is 5.26 Å². The minimum Gasteiger partial charge on any atom is -0.489 e. The van der Waals surface area contributed by atoms with E-state index in [-0.39, 0.29) is 24.4 Å². The van der Waals surface area contributed by atoms with Crippen molar-refractivity contribution in [3.63, 3.8) is 0 Å². The predicted molar refractivity (Wildman–Crippen MR) is 98.3 cm³/mol. The first-order valence-electron chi connectivity index (χ1n) is 9.32. The molecule has 1 aromatic carbocycles. The molecule has 1 fully saturated rings.